The van der Waals surface area contributed by atoms with Crippen molar-refractivity contribution < 1.29 is 14.6 Å². The monoisotopic (exact) mass is 265 g/mol. The van der Waals surface area contributed by atoms with Crippen molar-refractivity contribution in [2.75, 3.05) is 14.2 Å². The molecule has 0 aliphatic rings. The molecule has 0 heterocycles. The van der Waals surface area contributed by atoms with Crippen LogP contribution in [0.2, 0.25) is 0 Å². The highest BCUT2D eigenvalue weighted by Crippen LogP contribution is 2.33. The summed E-state index contributed by atoms with van der Waals surface area (Å²) in [5, 5.41) is 12.3. The highest BCUT2D eigenvalue weighted by Gasteiger charge is 2.22. The SMILES string of the molecule is CNC(CC(C)C(=O)O)c1c(C)cc(C)cc1OC. The predicted molar refractivity (Wildman–Crippen MR) is 75.7 cm³/mol. The summed E-state index contributed by atoms with van der Waals surface area (Å²) in [6, 6.07) is 4.05. The molecule has 1 aromatic rings. The first-order valence-electron chi connectivity index (χ1n) is 6.45. The number of carbonyl (C=O) groups is 1. The number of hydrogen-bond acceptors (Lipinski definition) is 3. The Bertz CT molecular complexity index is 457. The Morgan fingerprint density at radius 1 is 1.42 bits per heavy atom. The molecular formula is C15H23NO3. The van der Waals surface area contributed by atoms with E-state index in [2.05, 4.69) is 11.4 Å². The number of methoxy groups -OCH3 is 1. The average molecular weight is 265 g/mol. The summed E-state index contributed by atoms with van der Waals surface area (Å²) in [6.07, 6.45) is 0.534. The van der Waals surface area contributed by atoms with Crippen LogP contribution in [0.4, 0.5) is 0 Å². The van der Waals surface area contributed by atoms with Crippen LogP contribution in [-0.2, 0) is 4.79 Å². The van der Waals surface area contributed by atoms with E-state index in [-0.39, 0.29) is 6.04 Å². The summed E-state index contributed by atoms with van der Waals surface area (Å²) in [5.74, 6) is -0.360. The minimum atomic E-state index is -0.774. The van der Waals surface area contributed by atoms with Gasteiger partial charge in [0.15, 0.2) is 0 Å². The summed E-state index contributed by atoms with van der Waals surface area (Å²) in [5.41, 5.74) is 3.30. The zero-order valence-corrected chi connectivity index (χ0v) is 12.3. The summed E-state index contributed by atoms with van der Waals surface area (Å²) in [6.45, 7) is 5.77. The van der Waals surface area contributed by atoms with Crippen LogP contribution in [0.15, 0.2) is 12.1 Å². The topological polar surface area (TPSA) is 58.6 Å². The smallest absolute Gasteiger partial charge is 0.306 e. The Balaban J connectivity index is 3.14. The lowest BCUT2D eigenvalue weighted by atomic mass is 9.91. The van der Waals surface area contributed by atoms with Crippen LogP contribution >= 0.6 is 0 Å². The number of aliphatic carboxylic acids is 1. The Hall–Kier alpha value is -1.55. The normalized spacial score (nSPS) is 13.9. The second kappa shape index (κ2) is 6.57. The van der Waals surface area contributed by atoms with Crippen LogP contribution in [0.3, 0.4) is 0 Å². The molecule has 2 atom stereocenters. The molecule has 0 amide bonds. The fraction of sp³-hybridized carbons (Fsp3) is 0.533. The number of hydrogen-bond donors (Lipinski definition) is 2. The lowest BCUT2D eigenvalue weighted by molar-refractivity contribution is -0.141. The van der Waals surface area contributed by atoms with Crippen molar-refractivity contribution >= 4 is 5.97 Å². The fourth-order valence-electron chi connectivity index (χ4n) is 2.39. The number of carboxylic acids is 1. The molecule has 4 heteroatoms. The maximum absolute atomic E-state index is 11.0. The molecule has 2 unspecified atom stereocenters. The molecule has 0 spiro atoms. The zero-order valence-electron chi connectivity index (χ0n) is 12.3. The zero-order chi connectivity index (χ0) is 14.6. The van der Waals surface area contributed by atoms with Gasteiger partial charge in [-0.15, -0.1) is 0 Å². The van der Waals surface area contributed by atoms with Crippen molar-refractivity contribution in [3.63, 3.8) is 0 Å². The van der Waals surface area contributed by atoms with E-state index in [1.807, 2.05) is 27.0 Å². The first kappa shape index (κ1) is 15.5. The minimum Gasteiger partial charge on any atom is -0.496 e. The molecule has 2 N–H and O–H groups in total. The van der Waals surface area contributed by atoms with Crippen LogP contribution in [0, 0.1) is 19.8 Å². The molecule has 0 radical (unpaired) electrons. The molecule has 1 aromatic carbocycles. The second-order valence-electron chi connectivity index (χ2n) is 5.01. The number of ether oxygens (including phenoxy) is 1. The van der Waals surface area contributed by atoms with Gasteiger partial charge in [-0.3, -0.25) is 4.79 Å². The largest absolute Gasteiger partial charge is 0.496 e. The van der Waals surface area contributed by atoms with Crippen molar-refractivity contribution in [2.45, 2.75) is 33.2 Å². The molecule has 0 aliphatic heterocycles. The minimum absolute atomic E-state index is 0.0263. The lowest BCUT2D eigenvalue weighted by Gasteiger charge is -2.23. The lowest BCUT2D eigenvalue weighted by Crippen LogP contribution is -2.23. The van der Waals surface area contributed by atoms with Gasteiger partial charge in [-0.05, 0) is 44.5 Å². The summed E-state index contributed by atoms with van der Waals surface area (Å²) >= 11 is 0. The van der Waals surface area contributed by atoms with Gasteiger partial charge in [-0.25, -0.2) is 0 Å². The van der Waals surface area contributed by atoms with Crippen LogP contribution in [0.1, 0.15) is 36.1 Å². The summed E-state index contributed by atoms with van der Waals surface area (Å²) in [4.78, 5) is 11.0. The van der Waals surface area contributed by atoms with E-state index in [1.165, 1.54) is 0 Å². The Kier molecular flexibility index (Phi) is 5.36. The Morgan fingerprint density at radius 2 is 2.05 bits per heavy atom. The molecule has 0 saturated carbocycles. The van der Waals surface area contributed by atoms with E-state index in [0.717, 1.165) is 22.4 Å². The average Bonchev–Trinajstić information content (AvgIpc) is 2.35. The van der Waals surface area contributed by atoms with Crippen LogP contribution in [-0.4, -0.2) is 25.2 Å². The predicted octanol–water partition coefficient (Wildman–Crippen LogP) is 2.68. The first-order valence-corrected chi connectivity index (χ1v) is 6.45. The van der Waals surface area contributed by atoms with Gasteiger partial charge in [0.05, 0.1) is 13.0 Å². The number of benzene rings is 1. The van der Waals surface area contributed by atoms with Crippen molar-refractivity contribution in [1.29, 1.82) is 0 Å². The van der Waals surface area contributed by atoms with Gasteiger partial charge >= 0.3 is 5.97 Å². The van der Waals surface area contributed by atoms with Crippen molar-refractivity contribution in [3.8, 4) is 5.75 Å². The van der Waals surface area contributed by atoms with Crippen molar-refractivity contribution in [2.24, 2.45) is 5.92 Å². The third-order valence-electron chi connectivity index (χ3n) is 3.42. The standard InChI is InChI=1S/C15H23NO3/c1-9-6-10(2)14(13(7-9)19-5)12(16-4)8-11(3)15(17)18/h6-7,11-12,16H,8H2,1-5H3,(H,17,18). The Morgan fingerprint density at radius 3 is 2.53 bits per heavy atom. The Labute approximate surface area is 114 Å². The van der Waals surface area contributed by atoms with Gasteiger partial charge in [0, 0.05) is 11.6 Å². The third-order valence-corrected chi connectivity index (χ3v) is 3.42. The highest BCUT2D eigenvalue weighted by molar-refractivity contribution is 5.69. The van der Waals surface area contributed by atoms with Crippen LogP contribution < -0.4 is 10.1 Å². The molecule has 0 aromatic heterocycles. The maximum Gasteiger partial charge on any atom is 0.306 e. The van der Waals surface area contributed by atoms with Gasteiger partial charge in [0.25, 0.3) is 0 Å². The van der Waals surface area contributed by atoms with Crippen molar-refractivity contribution in [1.82, 2.24) is 5.32 Å². The molecule has 106 valence electrons. The van der Waals surface area contributed by atoms with E-state index >= 15 is 0 Å². The fourth-order valence-corrected chi connectivity index (χ4v) is 2.39. The van der Waals surface area contributed by atoms with E-state index in [9.17, 15) is 4.79 Å². The van der Waals surface area contributed by atoms with Gasteiger partial charge in [0.2, 0.25) is 0 Å². The van der Waals surface area contributed by atoms with Gasteiger partial charge < -0.3 is 15.2 Å². The van der Waals surface area contributed by atoms with E-state index in [1.54, 1.807) is 14.0 Å². The first-order chi connectivity index (χ1) is 8.90. The number of nitrogens with one attached hydrogen (secondary N) is 1. The summed E-state index contributed by atoms with van der Waals surface area (Å²) < 4.78 is 5.44. The molecule has 0 bridgehead atoms. The van der Waals surface area contributed by atoms with E-state index < -0.39 is 11.9 Å². The quantitative estimate of drug-likeness (QED) is 0.830. The second-order valence-corrected chi connectivity index (χ2v) is 5.01. The van der Waals surface area contributed by atoms with E-state index in [0.29, 0.717) is 6.42 Å². The number of aryl methyl sites for hydroxylation is 2. The molecule has 0 aliphatic carbocycles. The number of carboxylic acid groups (broad SMARTS) is 1. The van der Waals surface area contributed by atoms with Gasteiger partial charge in [-0.2, -0.15) is 0 Å². The summed E-state index contributed by atoms with van der Waals surface area (Å²) in [7, 11) is 3.49. The van der Waals surface area contributed by atoms with E-state index in [4.69, 9.17) is 9.84 Å². The van der Waals surface area contributed by atoms with Crippen molar-refractivity contribution in [3.05, 3.63) is 28.8 Å². The van der Waals surface area contributed by atoms with Crippen LogP contribution in [0.5, 0.6) is 5.75 Å². The molecule has 1 rings (SSSR count). The molecular weight excluding hydrogens is 242 g/mol. The molecule has 19 heavy (non-hydrogen) atoms. The van der Waals surface area contributed by atoms with Gasteiger partial charge in [0.1, 0.15) is 5.75 Å². The highest BCUT2D eigenvalue weighted by atomic mass is 16.5. The van der Waals surface area contributed by atoms with Crippen LogP contribution in [0.25, 0.3) is 0 Å². The molecule has 4 nitrogen and oxygen atoms in total. The van der Waals surface area contributed by atoms with Gasteiger partial charge in [-0.1, -0.05) is 13.0 Å². The molecule has 0 saturated heterocycles. The molecule has 0 fully saturated rings. The maximum atomic E-state index is 11.0. The number of rotatable bonds is 6. The third kappa shape index (κ3) is 3.70.